The summed E-state index contributed by atoms with van der Waals surface area (Å²) in [6.07, 6.45) is -2.74. The van der Waals surface area contributed by atoms with Crippen LogP contribution in [0.5, 0.6) is 0 Å². The number of benzene rings is 1. The van der Waals surface area contributed by atoms with Gasteiger partial charge in [0.1, 0.15) is 0 Å². The van der Waals surface area contributed by atoms with Gasteiger partial charge in [0.05, 0.1) is 11.7 Å². The van der Waals surface area contributed by atoms with Gasteiger partial charge in [-0.1, -0.05) is 0 Å². The molecule has 2 rings (SSSR count). The van der Waals surface area contributed by atoms with Crippen LogP contribution in [0, 0.1) is 3.57 Å². The van der Waals surface area contributed by atoms with E-state index in [-0.39, 0.29) is 15.6 Å². The molecule has 1 aromatic carbocycles. The van der Waals surface area contributed by atoms with Crippen molar-refractivity contribution in [1.82, 2.24) is 4.90 Å². The van der Waals surface area contributed by atoms with Crippen molar-refractivity contribution in [3.8, 4) is 0 Å². The Morgan fingerprint density at radius 1 is 1.33 bits per heavy atom. The predicted molar refractivity (Wildman–Crippen MR) is 80.1 cm³/mol. The van der Waals surface area contributed by atoms with E-state index in [0.717, 1.165) is 18.9 Å². The lowest BCUT2D eigenvalue weighted by atomic mass is 10.1. The number of rotatable bonds is 2. The third-order valence-corrected chi connectivity index (χ3v) is 4.48. The average Bonchev–Trinajstić information content (AvgIpc) is 2.45. The van der Waals surface area contributed by atoms with Gasteiger partial charge in [-0.05, 0) is 53.6 Å². The molecule has 7 heteroatoms. The van der Waals surface area contributed by atoms with E-state index in [1.54, 1.807) is 34.6 Å². The third-order valence-electron chi connectivity index (χ3n) is 3.58. The number of likely N-dealkylation sites (tertiary alicyclic amines) is 1. The van der Waals surface area contributed by atoms with E-state index in [0.29, 0.717) is 18.7 Å². The molecule has 1 amide bonds. The maximum absolute atomic E-state index is 12.7. The minimum absolute atomic E-state index is 0.0396. The van der Waals surface area contributed by atoms with Crippen LogP contribution in [0.1, 0.15) is 28.8 Å². The van der Waals surface area contributed by atoms with Gasteiger partial charge < -0.3 is 9.64 Å². The SMILES string of the molecule is COC1CCN(C(=O)c2ccc(C(F)(F)F)c(I)c2)CC1. The molecular formula is C14H15F3INO2. The highest BCUT2D eigenvalue weighted by atomic mass is 127. The molecular weight excluding hydrogens is 398 g/mol. The summed E-state index contributed by atoms with van der Waals surface area (Å²) in [5.74, 6) is -0.226. The molecule has 1 fully saturated rings. The van der Waals surface area contributed by atoms with Crippen LogP contribution in [0.4, 0.5) is 13.2 Å². The molecule has 0 aliphatic carbocycles. The largest absolute Gasteiger partial charge is 0.417 e. The summed E-state index contributed by atoms with van der Waals surface area (Å²) < 4.78 is 43.4. The van der Waals surface area contributed by atoms with Crippen molar-refractivity contribution < 1.29 is 22.7 Å². The van der Waals surface area contributed by atoms with Crippen molar-refractivity contribution in [3.63, 3.8) is 0 Å². The quantitative estimate of drug-likeness (QED) is 0.695. The molecule has 0 bridgehead atoms. The molecule has 1 saturated heterocycles. The highest BCUT2D eigenvalue weighted by Gasteiger charge is 2.33. The Morgan fingerprint density at radius 2 is 1.95 bits per heavy atom. The monoisotopic (exact) mass is 413 g/mol. The smallest absolute Gasteiger partial charge is 0.381 e. The first-order chi connectivity index (χ1) is 9.82. The Kier molecular flexibility index (Phi) is 5.13. The number of carbonyl (C=O) groups is 1. The summed E-state index contributed by atoms with van der Waals surface area (Å²) in [6, 6.07) is 3.51. The van der Waals surface area contributed by atoms with E-state index >= 15 is 0 Å². The Hall–Kier alpha value is -0.830. The number of methoxy groups -OCH3 is 1. The van der Waals surface area contributed by atoms with E-state index in [1.165, 1.54) is 12.1 Å². The van der Waals surface area contributed by atoms with Crippen molar-refractivity contribution in [2.45, 2.75) is 25.1 Å². The van der Waals surface area contributed by atoms with E-state index in [9.17, 15) is 18.0 Å². The fourth-order valence-electron chi connectivity index (χ4n) is 2.36. The first kappa shape index (κ1) is 16.5. The fraction of sp³-hybridized carbons (Fsp3) is 0.500. The Morgan fingerprint density at radius 3 is 2.43 bits per heavy atom. The topological polar surface area (TPSA) is 29.5 Å². The van der Waals surface area contributed by atoms with Crippen molar-refractivity contribution in [2.24, 2.45) is 0 Å². The molecule has 0 spiro atoms. The van der Waals surface area contributed by atoms with E-state index in [2.05, 4.69) is 0 Å². The highest BCUT2D eigenvalue weighted by Crippen LogP contribution is 2.33. The van der Waals surface area contributed by atoms with Crippen LogP contribution in [0.15, 0.2) is 18.2 Å². The van der Waals surface area contributed by atoms with Crippen LogP contribution in [0.2, 0.25) is 0 Å². The normalized spacial score (nSPS) is 17.1. The van der Waals surface area contributed by atoms with Gasteiger partial charge in [0.2, 0.25) is 0 Å². The number of hydrogen-bond acceptors (Lipinski definition) is 2. The summed E-state index contributed by atoms with van der Waals surface area (Å²) >= 11 is 1.61. The first-order valence-electron chi connectivity index (χ1n) is 6.51. The standard InChI is InChI=1S/C14H15F3INO2/c1-21-10-4-6-19(7-5-10)13(20)9-2-3-11(12(18)8-9)14(15,16)17/h2-3,8,10H,4-7H2,1H3. The second-order valence-electron chi connectivity index (χ2n) is 4.92. The van der Waals surface area contributed by atoms with Crippen LogP contribution >= 0.6 is 22.6 Å². The fourth-order valence-corrected chi connectivity index (χ4v) is 3.18. The van der Waals surface area contributed by atoms with Gasteiger partial charge in [0.15, 0.2) is 0 Å². The maximum atomic E-state index is 12.7. The second-order valence-corrected chi connectivity index (χ2v) is 6.08. The number of carbonyl (C=O) groups excluding carboxylic acids is 1. The van der Waals surface area contributed by atoms with E-state index in [1.807, 2.05) is 0 Å². The van der Waals surface area contributed by atoms with Gasteiger partial charge in [-0.3, -0.25) is 4.79 Å². The molecule has 0 unspecified atom stereocenters. The van der Waals surface area contributed by atoms with Crippen LogP contribution in [-0.4, -0.2) is 37.1 Å². The third kappa shape index (κ3) is 3.88. The molecule has 21 heavy (non-hydrogen) atoms. The zero-order chi connectivity index (χ0) is 15.6. The van der Waals surface area contributed by atoms with Crippen molar-refractivity contribution in [3.05, 3.63) is 32.9 Å². The van der Waals surface area contributed by atoms with Gasteiger partial charge in [0.25, 0.3) is 5.91 Å². The molecule has 1 aromatic rings. The van der Waals surface area contributed by atoms with Crippen molar-refractivity contribution in [2.75, 3.05) is 20.2 Å². The highest BCUT2D eigenvalue weighted by molar-refractivity contribution is 14.1. The predicted octanol–water partition coefficient (Wildman–Crippen LogP) is 3.56. The average molecular weight is 413 g/mol. The maximum Gasteiger partial charge on any atom is 0.417 e. The second kappa shape index (κ2) is 6.51. The molecule has 1 aliphatic rings. The zero-order valence-electron chi connectivity index (χ0n) is 11.4. The molecule has 0 aromatic heterocycles. The molecule has 116 valence electrons. The lowest BCUT2D eigenvalue weighted by Crippen LogP contribution is -2.40. The molecule has 3 nitrogen and oxygen atoms in total. The Balaban J connectivity index is 2.12. The lowest BCUT2D eigenvalue weighted by molar-refractivity contribution is -0.138. The molecule has 0 atom stereocenters. The van der Waals surface area contributed by atoms with Crippen LogP contribution < -0.4 is 0 Å². The summed E-state index contributed by atoms with van der Waals surface area (Å²) in [6.45, 7) is 1.13. The van der Waals surface area contributed by atoms with Gasteiger partial charge in [0, 0.05) is 29.3 Å². The molecule has 1 heterocycles. The number of ether oxygens (including phenoxy) is 1. The summed E-state index contributed by atoms with van der Waals surface area (Å²) in [4.78, 5) is 14.0. The minimum atomic E-state index is -4.39. The lowest BCUT2D eigenvalue weighted by Gasteiger charge is -2.31. The van der Waals surface area contributed by atoms with Gasteiger partial charge in [-0.2, -0.15) is 13.2 Å². The number of piperidine rings is 1. The minimum Gasteiger partial charge on any atom is -0.381 e. The van der Waals surface area contributed by atoms with Crippen LogP contribution in [0.3, 0.4) is 0 Å². The molecule has 0 N–H and O–H groups in total. The van der Waals surface area contributed by atoms with Gasteiger partial charge in [-0.15, -0.1) is 0 Å². The molecule has 1 aliphatic heterocycles. The van der Waals surface area contributed by atoms with E-state index in [4.69, 9.17) is 4.74 Å². The first-order valence-corrected chi connectivity index (χ1v) is 7.59. The Labute approximate surface area is 134 Å². The number of halogens is 4. The number of hydrogen-bond donors (Lipinski definition) is 0. The molecule has 0 radical (unpaired) electrons. The molecule has 0 saturated carbocycles. The van der Waals surface area contributed by atoms with Gasteiger partial charge in [-0.25, -0.2) is 0 Å². The van der Waals surface area contributed by atoms with Crippen LogP contribution in [0.25, 0.3) is 0 Å². The zero-order valence-corrected chi connectivity index (χ0v) is 13.6. The van der Waals surface area contributed by atoms with Crippen LogP contribution in [-0.2, 0) is 10.9 Å². The number of alkyl halides is 3. The van der Waals surface area contributed by atoms with Crippen molar-refractivity contribution in [1.29, 1.82) is 0 Å². The summed E-state index contributed by atoms with van der Waals surface area (Å²) in [5.41, 5.74) is -0.416. The number of amides is 1. The van der Waals surface area contributed by atoms with E-state index < -0.39 is 11.7 Å². The Bertz CT molecular complexity index is 525. The summed E-state index contributed by atoms with van der Waals surface area (Å²) in [5, 5.41) is 0. The number of nitrogens with zero attached hydrogens (tertiary/aromatic N) is 1. The van der Waals surface area contributed by atoms with Gasteiger partial charge >= 0.3 is 6.18 Å². The van der Waals surface area contributed by atoms with Crippen molar-refractivity contribution >= 4 is 28.5 Å². The summed E-state index contributed by atoms with van der Waals surface area (Å²) in [7, 11) is 1.64.